The third kappa shape index (κ3) is 0.720. The number of rotatable bonds is 1. The van der Waals surface area contributed by atoms with Crippen molar-refractivity contribution in [2.45, 2.75) is 45.4 Å². The molecule has 2 bridgehead atoms. The maximum atomic E-state index is 2.36. The third-order valence-electron chi connectivity index (χ3n) is 3.51. The molecule has 0 nitrogen and oxygen atoms in total. The molecule has 0 heteroatoms. The molecular formula is C9H16. The van der Waals surface area contributed by atoms with E-state index < -0.39 is 0 Å². The van der Waals surface area contributed by atoms with Crippen LogP contribution in [-0.4, -0.2) is 0 Å². The SMILES string of the molecule is CCC12CCCC(C1)C2. The predicted molar refractivity (Wildman–Crippen MR) is 39.3 cm³/mol. The Bertz CT molecular complexity index is 104. The van der Waals surface area contributed by atoms with Crippen molar-refractivity contribution in [2.24, 2.45) is 11.3 Å². The summed E-state index contributed by atoms with van der Waals surface area (Å²) >= 11 is 0. The Labute approximate surface area is 57.6 Å². The van der Waals surface area contributed by atoms with Gasteiger partial charge >= 0.3 is 0 Å². The highest BCUT2D eigenvalue weighted by molar-refractivity contribution is 4.96. The minimum Gasteiger partial charge on any atom is -0.0649 e. The standard InChI is InChI=1S/C9H16/c1-2-9-5-3-4-8(6-9)7-9/h8H,2-7H2,1H3. The van der Waals surface area contributed by atoms with Crippen molar-refractivity contribution in [2.75, 3.05) is 0 Å². The molecule has 0 aromatic heterocycles. The lowest BCUT2D eigenvalue weighted by Crippen LogP contribution is -2.40. The van der Waals surface area contributed by atoms with E-state index in [4.69, 9.17) is 0 Å². The summed E-state index contributed by atoms with van der Waals surface area (Å²) in [5, 5.41) is 0. The maximum absolute atomic E-state index is 2.36. The maximum Gasteiger partial charge on any atom is -0.0295 e. The van der Waals surface area contributed by atoms with Crippen molar-refractivity contribution in [1.29, 1.82) is 0 Å². The van der Waals surface area contributed by atoms with Crippen molar-refractivity contribution in [3.05, 3.63) is 0 Å². The zero-order valence-corrected chi connectivity index (χ0v) is 6.32. The van der Waals surface area contributed by atoms with E-state index in [0.717, 1.165) is 11.3 Å². The first kappa shape index (κ1) is 5.76. The lowest BCUT2D eigenvalue weighted by molar-refractivity contribution is -0.00772. The molecule has 0 aromatic rings. The molecular weight excluding hydrogens is 108 g/mol. The van der Waals surface area contributed by atoms with Crippen molar-refractivity contribution in [3.63, 3.8) is 0 Å². The van der Waals surface area contributed by atoms with Gasteiger partial charge in [-0.25, -0.2) is 0 Å². The number of fused-ring (bicyclic) bond motifs is 2. The Morgan fingerprint density at radius 1 is 1.44 bits per heavy atom. The molecule has 3 fully saturated rings. The monoisotopic (exact) mass is 124 g/mol. The van der Waals surface area contributed by atoms with Crippen LogP contribution in [0.25, 0.3) is 0 Å². The van der Waals surface area contributed by atoms with Crippen LogP contribution in [0.5, 0.6) is 0 Å². The highest BCUT2D eigenvalue weighted by Crippen LogP contribution is 2.57. The van der Waals surface area contributed by atoms with Gasteiger partial charge in [0.05, 0.1) is 0 Å². The molecule has 3 aliphatic rings. The second-order valence-electron chi connectivity index (χ2n) is 4.02. The second-order valence-corrected chi connectivity index (χ2v) is 4.02. The van der Waals surface area contributed by atoms with Crippen LogP contribution in [0.1, 0.15) is 45.4 Å². The summed E-state index contributed by atoms with van der Waals surface area (Å²) in [5.74, 6) is 1.15. The molecule has 52 valence electrons. The number of hydrogen-bond acceptors (Lipinski definition) is 0. The minimum absolute atomic E-state index is 0.864. The van der Waals surface area contributed by atoms with Crippen LogP contribution in [-0.2, 0) is 0 Å². The quantitative estimate of drug-likeness (QED) is 0.504. The van der Waals surface area contributed by atoms with E-state index in [1.807, 2.05) is 0 Å². The fraction of sp³-hybridized carbons (Fsp3) is 1.00. The molecule has 0 aliphatic heterocycles. The van der Waals surface area contributed by atoms with Crippen LogP contribution in [0.15, 0.2) is 0 Å². The van der Waals surface area contributed by atoms with Crippen LogP contribution in [0.3, 0.4) is 0 Å². The summed E-state index contributed by atoms with van der Waals surface area (Å²) in [6.45, 7) is 2.36. The average Bonchev–Trinajstić information content (AvgIpc) is 1.88. The zero-order valence-electron chi connectivity index (χ0n) is 6.32. The first-order chi connectivity index (χ1) is 4.35. The smallest absolute Gasteiger partial charge is 0.0295 e. The van der Waals surface area contributed by atoms with Gasteiger partial charge in [0.25, 0.3) is 0 Å². The highest BCUT2D eigenvalue weighted by Gasteiger charge is 2.44. The van der Waals surface area contributed by atoms with Crippen LogP contribution < -0.4 is 0 Å². The van der Waals surface area contributed by atoms with Gasteiger partial charge in [0.2, 0.25) is 0 Å². The molecule has 3 saturated carbocycles. The van der Waals surface area contributed by atoms with Gasteiger partial charge in [0, 0.05) is 0 Å². The molecule has 0 spiro atoms. The number of hydrogen-bond donors (Lipinski definition) is 0. The van der Waals surface area contributed by atoms with Crippen molar-refractivity contribution < 1.29 is 0 Å². The highest BCUT2D eigenvalue weighted by atomic mass is 14.5. The van der Waals surface area contributed by atoms with E-state index in [9.17, 15) is 0 Å². The summed E-state index contributed by atoms with van der Waals surface area (Å²) in [6, 6.07) is 0. The van der Waals surface area contributed by atoms with Gasteiger partial charge < -0.3 is 0 Å². The van der Waals surface area contributed by atoms with E-state index >= 15 is 0 Å². The van der Waals surface area contributed by atoms with Crippen molar-refractivity contribution >= 4 is 0 Å². The van der Waals surface area contributed by atoms with Gasteiger partial charge in [-0.05, 0) is 30.6 Å². The molecule has 0 N–H and O–H groups in total. The van der Waals surface area contributed by atoms with Gasteiger partial charge in [-0.15, -0.1) is 0 Å². The van der Waals surface area contributed by atoms with Crippen LogP contribution in [0.4, 0.5) is 0 Å². The fourth-order valence-electron chi connectivity index (χ4n) is 2.80. The molecule has 3 aliphatic carbocycles. The van der Waals surface area contributed by atoms with Gasteiger partial charge in [-0.1, -0.05) is 26.2 Å². The zero-order chi connectivity index (χ0) is 6.32. The molecule has 0 atom stereocenters. The Hall–Kier alpha value is 0. The van der Waals surface area contributed by atoms with Crippen LogP contribution >= 0.6 is 0 Å². The Morgan fingerprint density at radius 2 is 2.22 bits per heavy atom. The van der Waals surface area contributed by atoms with Gasteiger partial charge in [-0.2, -0.15) is 0 Å². The first-order valence-electron chi connectivity index (χ1n) is 4.35. The first-order valence-corrected chi connectivity index (χ1v) is 4.35. The minimum atomic E-state index is 0.864. The van der Waals surface area contributed by atoms with Gasteiger partial charge in [-0.3, -0.25) is 0 Å². The van der Waals surface area contributed by atoms with E-state index in [2.05, 4.69) is 6.92 Å². The Morgan fingerprint density at radius 3 is 2.56 bits per heavy atom. The Balaban J connectivity index is 2.02. The molecule has 0 aromatic carbocycles. The van der Waals surface area contributed by atoms with Gasteiger partial charge in [0.15, 0.2) is 0 Å². The van der Waals surface area contributed by atoms with Crippen molar-refractivity contribution in [1.82, 2.24) is 0 Å². The summed E-state index contributed by atoms with van der Waals surface area (Å²) < 4.78 is 0. The van der Waals surface area contributed by atoms with Gasteiger partial charge in [0.1, 0.15) is 0 Å². The third-order valence-corrected chi connectivity index (χ3v) is 3.51. The van der Waals surface area contributed by atoms with Crippen molar-refractivity contribution in [3.8, 4) is 0 Å². The fourth-order valence-corrected chi connectivity index (χ4v) is 2.80. The Kier molecular flexibility index (Phi) is 1.12. The van der Waals surface area contributed by atoms with E-state index in [1.54, 1.807) is 25.7 Å². The predicted octanol–water partition coefficient (Wildman–Crippen LogP) is 2.98. The molecule has 0 unspecified atom stereocenters. The average molecular weight is 124 g/mol. The van der Waals surface area contributed by atoms with E-state index in [1.165, 1.54) is 12.8 Å². The van der Waals surface area contributed by atoms with Crippen LogP contribution in [0, 0.1) is 11.3 Å². The second kappa shape index (κ2) is 1.74. The topological polar surface area (TPSA) is 0 Å². The molecule has 0 heterocycles. The van der Waals surface area contributed by atoms with Crippen LogP contribution in [0.2, 0.25) is 0 Å². The lowest BCUT2D eigenvalue weighted by Gasteiger charge is -2.52. The normalized spacial score (nSPS) is 48.3. The van der Waals surface area contributed by atoms with E-state index in [0.29, 0.717) is 0 Å². The lowest BCUT2D eigenvalue weighted by atomic mass is 9.53. The van der Waals surface area contributed by atoms with E-state index in [-0.39, 0.29) is 0 Å². The molecule has 0 amide bonds. The molecule has 9 heavy (non-hydrogen) atoms. The molecule has 0 radical (unpaired) electrons. The largest absolute Gasteiger partial charge is 0.0649 e. The summed E-state index contributed by atoms with van der Waals surface area (Å²) in [4.78, 5) is 0. The summed E-state index contributed by atoms with van der Waals surface area (Å²) in [5.41, 5.74) is 0.864. The molecule has 0 saturated heterocycles. The molecule has 3 rings (SSSR count). The summed E-state index contributed by atoms with van der Waals surface area (Å²) in [6.07, 6.45) is 9.21. The summed E-state index contributed by atoms with van der Waals surface area (Å²) in [7, 11) is 0.